The van der Waals surface area contributed by atoms with Crippen LogP contribution in [-0.2, 0) is 43.9 Å². The molecule has 11 heteroatoms. The average molecular weight is 330 g/mol. The Balaban J connectivity index is 2.75. The Morgan fingerprint density at radius 1 is 1.05 bits per heavy atom. The lowest BCUT2D eigenvalue weighted by Crippen LogP contribution is -2.13. The molecular formula is C8H10O8S3. The first kappa shape index (κ1) is 16.2. The van der Waals surface area contributed by atoms with Crippen LogP contribution in [0.1, 0.15) is 5.56 Å². The van der Waals surface area contributed by atoms with Crippen molar-refractivity contribution in [2.24, 2.45) is 0 Å². The molecule has 0 saturated carbocycles. The van der Waals surface area contributed by atoms with Crippen molar-refractivity contribution in [2.45, 2.75) is 11.8 Å². The Morgan fingerprint density at radius 3 is 2.05 bits per heavy atom. The molecule has 1 aromatic carbocycles. The third-order valence-electron chi connectivity index (χ3n) is 1.66. The van der Waals surface area contributed by atoms with Crippen molar-refractivity contribution < 1.29 is 33.3 Å². The molecule has 0 saturated heterocycles. The maximum Gasteiger partial charge on any atom is 0.350 e. The van der Waals surface area contributed by atoms with E-state index in [1.807, 2.05) is 0 Å². The van der Waals surface area contributed by atoms with Crippen molar-refractivity contribution >= 4 is 31.6 Å². The van der Waals surface area contributed by atoms with E-state index in [2.05, 4.69) is 12.3 Å². The van der Waals surface area contributed by atoms with E-state index < -0.39 is 31.6 Å². The fraction of sp³-hybridized carbons (Fsp3) is 0.250. The summed E-state index contributed by atoms with van der Waals surface area (Å²) in [5.74, 6) is 0. The summed E-state index contributed by atoms with van der Waals surface area (Å²) in [5, 5.41) is 0. The molecule has 0 heterocycles. The predicted molar refractivity (Wildman–Crippen MR) is 64.6 cm³/mol. The number of benzene rings is 1. The first-order valence-corrected chi connectivity index (χ1v) is 8.83. The van der Waals surface area contributed by atoms with Gasteiger partial charge in [0, 0.05) is 0 Å². The third-order valence-corrected chi connectivity index (χ3v) is 4.25. The summed E-state index contributed by atoms with van der Waals surface area (Å²) >= 11 is -2.93. The topological polar surface area (TPSA) is 113 Å². The molecule has 0 radical (unpaired) electrons. The molecule has 0 N–H and O–H groups in total. The van der Waals surface area contributed by atoms with Crippen LogP contribution in [0.4, 0.5) is 0 Å². The van der Waals surface area contributed by atoms with Gasteiger partial charge in [-0.3, -0.25) is 0 Å². The minimum absolute atomic E-state index is 0.255. The van der Waals surface area contributed by atoms with Gasteiger partial charge in [-0.1, -0.05) is 26.4 Å². The van der Waals surface area contributed by atoms with Crippen LogP contribution in [0, 0.1) is 6.92 Å². The highest BCUT2D eigenvalue weighted by molar-refractivity contribution is 7.95. The summed E-state index contributed by atoms with van der Waals surface area (Å²) in [7, 11) is -8.38. The third kappa shape index (κ3) is 5.76. The summed E-state index contributed by atoms with van der Waals surface area (Å²) in [6.07, 6.45) is 0.624. The smallest absolute Gasteiger partial charge is 0.197 e. The molecule has 1 aromatic rings. The van der Waals surface area contributed by atoms with Crippen LogP contribution in [0.2, 0.25) is 0 Å². The molecule has 0 fully saturated rings. The van der Waals surface area contributed by atoms with Crippen molar-refractivity contribution in [3.05, 3.63) is 29.8 Å². The summed E-state index contributed by atoms with van der Waals surface area (Å²) in [6.45, 7) is 1.75. The van der Waals surface area contributed by atoms with Gasteiger partial charge in [0.15, 0.2) is 0 Å². The molecule has 0 aromatic heterocycles. The molecule has 0 bridgehead atoms. The van der Waals surface area contributed by atoms with Crippen LogP contribution in [0.3, 0.4) is 0 Å². The van der Waals surface area contributed by atoms with Gasteiger partial charge in [0.05, 0.1) is 11.2 Å². The Kier molecular flexibility index (Phi) is 5.18. The van der Waals surface area contributed by atoms with Crippen molar-refractivity contribution in [1.29, 1.82) is 0 Å². The van der Waals surface area contributed by atoms with Gasteiger partial charge in [-0.15, -0.1) is 3.63 Å². The Hall–Kier alpha value is -0.850. The van der Waals surface area contributed by atoms with Gasteiger partial charge in [0.25, 0.3) is 10.1 Å². The van der Waals surface area contributed by atoms with Crippen LogP contribution in [-0.4, -0.2) is 27.3 Å². The average Bonchev–Trinajstić information content (AvgIpc) is 2.25. The van der Waals surface area contributed by atoms with E-state index in [9.17, 15) is 21.0 Å². The highest BCUT2D eigenvalue weighted by Crippen LogP contribution is 2.15. The zero-order chi connectivity index (χ0) is 14.7. The molecule has 1 atom stereocenters. The lowest BCUT2D eigenvalue weighted by molar-refractivity contribution is -0.0841. The summed E-state index contributed by atoms with van der Waals surface area (Å²) in [4.78, 5) is -0.255. The first-order valence-electron chi connectivity index (χ1n) is 4.60. The van der Waals surface area contributed by atoms with Crippen LogP contribution in [0.5, 0.6) is 0 Å². The zero-order valence-corrected chi connectivity index (χ0v) is 12.2. The number of hydrogen-bond donors (Lipinski definition) is 0. The Bertz CT molecular complexity index is 658. The largest absolute Gasteiger partial charge is 0.350 e. The molecule has 1 unspecified atom stereocenters. The minimum Gasteiger partial charge on any atom is -0.197 e. The maximum atomic E-state index is 11.6. The maximum absolute atomic E-state index is 11.6. The standard InChI is InChI=1S/C8H10O8S3/c1-7-3-5-8(6-4-7)19(12,13)16-17(9)14-15-18(2,10)11/h3-6H,1-2H3. The van der Waals surface area contributed by atoms with E-state index >= 15 is 0 Å². The second kappa shape index (κ2) is 6.07. The van der Waals surface area contributed by atoms with E-state index in [4.69, 9.17) is 0 Å². The van der Waals surface area contributed by atoms with Crippen LogP contribution >= 0.6 is 0 Å². The summed E-state index contributed by atoms with van der Waals surface area (Å²) in [6, 6.07) is 5.48. The Morgan fingerprint density at radius 2 is 1.58 bits per heavy atom. The van der Waals surface area contributed by atoms with Crippen molar-refractivity contribution in [2.75, 3.05) is 6.26 Å². The lowest BCUT2D eigenvalue weighted by Gasteiger charge is -2.03. The number of rotatable bonds is 6. The summed E-state index contributed by atoms with van der Waals surface area (Å²) in [5.41, 5.74) is 0.816. The predicted octanol–water partition coefficient (Wildman–Crippen LogP) is 0.187. The quantitative estimate of drug-likeness (QED) is 0.536. The van der Waals surface area contributed by atoms with Gasteiger partial charge in [0.1, 0.15) is 0 Å². The first-order chi connectivity index (χ1) is 8.60. The van der Waals surface area contributed by atoms with Gasteiger partial charge in [-0.05, 0) is 19.1 Å². The number of aryl methyl sites for hydroxylation is 1. The van der Waals surface area contributed by atoms with E-state index in [1.54, 1.807) is 6.92 Å². The van der Waals surface area contributed by atoms with E-state index in [0.29, 0.717) is 6.26 Å². The fourth-order valence-electron chi connectivity index (χ4n) is 0.902. The van der Waals surface area contributed by atoms with Crippen molar-refractivity contribution in [3.63, 3.8) is 0 Å². The fourth-order valence-corrected chi connectivity index (χ4v) is 2.95. The highest BCUT2D eigenvalue weighted by Gasteiger charge is 2.21. The molecule has 0 spiro atoms. The van der Waals surface area contributed by atoms with Gasteiger partial charge in [0.2, 0.25) is 0 Å². The number of hydrogen-bond acceptors (Lipinski definition) is 8. The molecular weight excluding hydrogens is 320 g/mol. The second-order valence-corrected chi connectivity index (χ2v) is 7.39. The van der Waals surface area contributed by atoms with E-state index in [1.165, 1.54) is 24.3 Å². The van der Waals surface area contributed by atoms with Crippen molar-refractivity contribution in [3.8, 4) is 0 Å². The van der Waals surface area contributed by atoms with Gasteiger partial charge >= 0.3 is 21.5 Å². The molecule has 0 aliphatic rings. The summed E-state index contributed by atoms with van der Waals surface area (Å²) < 4.78 is 66.8. The molecule has 108 valence electrons. The minimum atomic E-state index is -4.34. The molecule has 0 aliphatic carbocycles. The van der Waals surface area contributed by atoms with E-state index in [-0.39, 0.29) is 4.90 Å². The molecule has 1 rings (SSSR count). The molecule has 19 heavy (non-hydrogen) atoms. The van der Waals surface area contributed by atoms with Gasteiger partial charge < -0.3 is 0 Å². The van der Waals surface area contributed by atoms with Gasteiger partial charge in [-0.25, -0.2) is 0 Å². The van der Waals surface area contributed by atoms with Crippen LogP contribution in [0.25, 0.3) is 0 Å². The zero-order valence-electron chi connectivity index (χ0n) is 9.80. The van der Waals surface area contributed by atoms with Crippen LogP contribution in [0.15, 0.2) is 29.2 Å². The SMILES string of the molecule is Cc1ccc(S(=O)(=O)OS(=O)OOS(C)(=O)=O)cc1. The molecule has 0 amide bonds. The second-order valence-electron chi connectivity index (χ2n) is 3.38. The highest BCUT2D eigenvalue weighted by atomic mass is 32.3. The van der Waals surface area contributed by atoms with Gasteiger partial charge in [-0.2, -0.15) is 21.0 Å². The van der Waals surface area contributed by atoms with E-state index in [0.717, 1.165) is 5.56 Å². The Labute approximate surface area is 113 Å². The van der Waals surface area contributed by atoms with Crippen LogP contribution < -0.4 is 0 Å². The monoisotopic (exact) mass is 330 g/mol. The lowest BCUT2D eigenvalue weighted by atomic mass is 10.2. The molecule has 0 aliphatic heterocycles. The molecule has 8 nitrogen and oxygen atoms in total. The van der Waals surface area contributed by atoms with Crippen molar-refractivity contribution in [1.82, 2.24) is 0 Å². The normalized spacial score (nSPS) is 14.2.